The van der Waals surface area contributed by atoms with Crippen molar-refractivity contribution >= 4 is 11.4 Å². The Labute approximate surface area is 189 Å². The molecule has 0 spiro atoms. The number of carbonyl (C=O) groups excluding carboxylic acids is 1. The number of imidazole rings is 1. The van der Waals surface area contributed by atoms with E-state index in [0.29, 0.717) is 29.2 Å². The second kappa shape index (κ2) is 8.41. The largest absolute Gasteiger partial charge is 0.485 e. The molecule has 2 aromatic heterocycles. The third-order valence-electron chi connectivity index (χ3n) is 6.24. The van der Waals surface area contributed by atoms with Gasteiger partial charge in [0.05, 0.1) is 17.4 Å². The van der Waals surface area contributed by atoms with E-state index in [1.807, 2.05) is 24.3 Å². The number of fused-ring (bicyclic) bond motifs is 2. The molecule has 2 aromatic carbocycles. The molecule has 2 heterocycles. The van der Waals surface area contributed by atoms with E-state index in [1.54, 1.807) is 29.7 Å². The molecule has 0 amide bonds. The molecule has 0 saturated carbocycles. The quantitative estimate of drug-likeness (QED) is 0.432. The zero-order valence-electron chi connectivity index (χ0n) is 18.0. The predicted octanol–water partition coefficient (Wildman–Crippen LogP) is 4.77. The van der Waals surface area contributed by atoms with Gasteiger partial charge in [0.15, 0.2) is 17.2 Å². The van der Waals surface area contributed by atoms with Gasteiger partial charge in [0, 0.05) is 18.5 Å². The van der Waals surface area contributed by atoms with E-state index in [-0.39, 0.29) is 30.3 Å². The van der Waals surface area contributed by atoms with Gasteiger partial charge in [-0.1, -0.05) is 30.3 Å². The number of Topliss-reactive ketones (excluding diaryl/α,β-unsaturated/α-hetero) is 1. The molecule has 0 saturated heterocycles. The van der Waals surface area contributed by atoms with Crippen molar-refractivity contribution in [3.63, 3.8) is 0 Å². The van der Waals surface area contributed by atoms with Crippen LogP contribution in [0, 0.1) is 18.6 Å². The van der Waals surface area contributed by atoms with Gasteiger partial charge >= 0.3 is 0 Å². The molecule has 0 fully saturated rings. The highest BCUT2D eigenvalue weighted by Crippen LogP contribution is 2.37. The maximum Gasteiger partial charge on any atom is 0.182 e. The van der Waals surface area contributed by atoms with Crippen LogP contribution in [0.3, 0.4) is 0 Å². The lowest BCUT2D eigenvalue weighted by Crippen LogP contribution is -2.18. The van der Waals surface area contributed by atoms with Crippen LogP contribution in [0.1, 0.15) is 45.2 Å². The SMILES string of the molecule is Cc1nc2c(OCc3c(F)cccc3F)cccn2c1C(=O)C[C@H]1c2ccccc2C[C@H]1O. The molecule has 0 radical (unpaired) electrons. The van der Waals surface area contributed by atoms with Crippen LogP contribution in [0.25, 0.3) is 5.65 Å². The van der Waals surface area contributed by atoms with Gasteiger partial charge < -0.3 is 9.84 Å². The Balaban J connectivity index is 1.43. The van der Waals surface area contributed by atoms with E-state index >= 15 is 0 Å². The van der Waals surface area contributed by atoms with Crippen molar-refractivity contribution in [2.45, 2.75) is 38.4 Å². The van der Waals surface area contributed by atoms with Crippen LogP contribution < -0.4 is 4.74 Å². The van der Waals surface area contributed by atoms with Crippen LogP contribution in [0.5, 0.6) is 5.75 Å². The summed E-state index contributed by atoms with van der Waals surface area (Å²) in [5.41, 5.74) is 3.21. The molecule has 1 aliphatic carbocycles. The molecule has 1 N–H and O–H groups in total. The van der Waals surface area contributed by atoms with Crippen molar-refractivity contribution in [1.29, 1.82) is 0 Å². The molecule has 2 atom stereocenters. The fourth-order valence-electron chi connectivity index (χ4n) is 4.62. The minimum Gasteiger partial charge on any atom is -0.485 e. The highest BCUT2D eigenvalue weighted by molar-refractivity contribution is 5.97. The lowest BCUT2D eigenvalue weighted by atomic mass is 9.93. The molecule has 5 rings (SSSR count). The van der Waals surface area contributed by atoms with Crippen LogP contribution in [0.15, 0.2) is 60.8 Å². The summed E-state index contributed by atoms with van der Waals surface area (Å²) < 4.78 is 35.3. The smallest absolute Gasteiger partial charge is 0.182 e. The summed E-state index contributed by atoms with van der Waals surface area (Å²) in [6.07, 6.45) is 1.78. The number of aromatic nitrogens is 2. The minimum atomic E-state index is -0.687. The Morgan fingerprint density at radius 2 is 1.88 bits per heavy atom. The van der Waals surface area contributed by atoms with Crippen molar-refractivity contribution < 1.29 is 23.4 Å². The number of pyridine rings is 1. The molecule has 0 aliphatic heterocycles. The molecule has 5 nitrogen and oxygen atoms in total. The fraction of sp³-hybridized carbons (Fsp3) is 0.231. The van der Waals surface area contributed by atoms with Gasteiger partial charge in [0.1, 0.15) is 23.9 Å². The standard InChI is InChI=1S/C26H22F2N2O3/c1-15-25(23(32)13-18-17-7-3-2-6-16(17)12-22(18)31)30-11-5-10-24(26(30)29-15)33-14-19-20(27)8-4-9-21(19)28/h2-11,18,22,31H,12-14H2,1H3/t18-,22+/m0/s1. The van der Waals surface area contributed by atoms with E-state index in [0.717, 1.165) is 11.1 Å². The first-order chi connectivity index (χ1) is 15.9. The first-order valence-electron chi connectivity index (χ1n) is 10.8. The minimum absolute atomic E-state index is 0.141. The summed E-state index contributed by atoms with van der Waals surface area (Å²) >= 11 is 0. The zero-order valence-corrected chi connectivity index (χ0v) is 18.0. The molecule has 7 heteroatoms. The summed E-state index contributed by atoms with van der Waals surface area (Å²) in [4.78, 5) is 17.8. The highest BCUT2D eigenvalue weighted by Gasteiger charge is 2.33. The number of rotatable bonds is 6. The van der Waals surface area contributed by atoms with E-state index in [9.17, 15) is 18.7 Å². The van der Waals surface area contributed by atoms with E-state index < -0.39 is 17.7 Å². The number of ether oxygens (including phenoxy) is 1. The number of nitrogens with zero attached hydrogens (tertiary/aromatic N) is 2. The van der Waals surface area contributed by atoms with Crippen LogP contribution in [-0.2, 0) is 13.0 Å². The van der Waals surface area contributed by atoms with Gasteiger partial charge in [-0.3, -0.25) is 9.20 Å². The highest BCUT2D eigenvalue weighted by atomic mass is 19.1. The molecule has 1 aliphatic rings. The third kappa shape index (κ3) is 3.78. The second-order valence-electron chi connectivity index (χ2n) is 8.30. The van der Waals surface area contributed by atoms with Gasteiger partial charge in [-0.15, -0.1) is 0 Å². The average Bonchev–Trinajstić information content (AvgIpc) is 3.29. The molecule has 0 bridgehead atoms. The van der Waals surface area contributed by atoms with Gasteiger partial charge in [-0.25, -0.2) is 13.8 Å². The summed E-state index contributed by atoms with van der Waals surface area (Å²) in [5, 5.41) is 10.6. The second-order valence-corrected chi connectivity index (χ2v) is 8.30. The number of ketones is 1. The summed E-state index contributed by atoms with van der Waals surface area (Å²) in [5.74, 6) is -1.48. The molecule has 168 valence electrons. The Hall–Kier alpha value is -3.58. The number of aliphatic hydroxyl groups is 1. The van der Waals surface area contributed by atoms with Gasteiger partial charge in [0.25, 0.3) is 0 Å². The summed E-state index contributed by atoms with van der Waals surface area (Å²) in [6, 6.07) is 14.8. The number of hydrogen-bond donors (Lipinski definition) is 1. The Kier molecular flexibility index (Phi) is 5.42. The first-order valence-corrected chi connectivity index (χ1v) is 10.8. The van der Waals surface area contributed by atoms with E-state index in [2.05, 4.69) is 4.98 Å². The van der Waals surface area contributed by atoms with Crippen LogP contribution in [0.4, 0.5) is 8.78 Å². The summed E-state index contributed by atoms with van der Waals surface area (Å²) in [6.45, 7) is 1.43. The zero-order chi connectivity index (χ0) is 23.1. The fourth-order valence-corrected chi connectivity index (χ4v) is 4.62. The maximum atomic E-state index is 14.0. The van der Waals surface area contributed by atoms with E-state index in [4.69, 9.17) is 4.74 Å². The average molecular weight is 448 g/mol. The maximum absolute atomic E-state index is 14.0. The van der Waals surface area contributed by atoms with E-state index in [1.165, 1.54) is 18.2 Å². The Morgan fingerprint density at radius 3 is 2.67 bits per heavy atom. The lowest BCUT2D eigenvalue weighted by Gasteiger charge is -2.15. The lowest BCUT2D eigenvalue weighted by molar-refractivity contribution is 0.0915. The van der Waals surface area contributed by atoms with Gasteiger partial charge in [0.2, 0.25) is 0 Å². The van der Waals surface area contributed by atoms with Crippen LogP contribution in [0.2, 0.25) is 0 Å². The Morgan fingerprint density at radius 1 is 1.12 bits per heavy atom. The molecule has 33 heavy (non-hydrogen) atoms. The number of halogens is 2. The van der Waals surface area contributed by atoms with Gasteiger partial charge in [-0.2, -0.15) is 0 Å². The first kappa shape index (κ1) is 21.3. The monoisotopic (exact) mass is 448 g/mol. The third-order valence-corrected chi connectivity index (χ3v) is 6.24. The summed E-state index contributed by atoms with van der Waals surface area (Å²) in [7, 11) is 0. The van der Waals surface area contributed by atoms with Crippen molar-refractivity contribution in [2.24, 2.45) is 0 Å². The topological polar surface area (TPSA) is 63.8 Å². The number of carbonyl (C=O) groups is 1. The Bertz CT molecular complexity index is 1340. The van der Waals surface area contributed by atoms with Gasteiger partial charge in [-0.05, 0) is 48.7 Å². The van der Waals surface area contributed by atoms with Crippen molar-refractivity contribution in [1.82, 2.24) is 9.38 Å². The normalized spacial score (nSPS) is 17.3. The molecule has 0 unspecified atom stereocenters. The van der Waals surface area contributed by atoms with Crippen molar-refractivity contribution in [2.75, 3.05) is 0 Å². The number of aryl methyl sites for hydroxylation is 1. The van der Waals surface area contributed by atoms with Crippen molar-refractivity contribution in [3.8, 4) is 5.75 Å². The number of hydrogen-bond acceptors (Lipinski definition) is 4. The van der Waals surface area contributed by atoms with Crippen molar-refractivity contribution in [3.05, 3.63) is 101 Å². The predicted molar refractivity (Wildman–Crippen MR) is 118 cm³/mol. The number of aliphatic hydroxyl groups excluding tert-OH is 1. The van der Waals surface area contributed by atoms with Crippen LogP contribution >= 0.6 is 0 Å². The molecular formula is C26H22F2N2O3. The molecular weight excluding hydrogens is 426 g/mol. The number of benzene rings is 2. The van der Waals surface area contributed by atoms with Crippen LogP contribution in [-0.4, -0.2) is 26.4 Å². The molecule has 4 aromatic rings.